The van der Waals surface area contributed by atoms with Crippen LogP contribution in [-0.2, 0) is 27.1 Å². The zero-order chi connectivity index (χ0) is 27.7. The number of ether oxygens (including phenoxy) is 2. The van der Waals surface area contributed by atoms with Gasteiger partial charge in [0, 0.05) is 49.7 Å². The molecule has 0 bridgehead atoms. The summed E-state index contributed by atoms with van der Waals surface area (Å²) in [6, 6.07) is 13.6. The molecule has 0 unspecified atom stereocenters. The molecule has 0 radical (unpaired) electrons. The fraction of sp³-hybridized carbons (Fsp3) is 0.444. The molecule has 1 amide bonds. The summed E-state index contributed by atoms with van der Waals surface area (Å²) in [4.78, 5) is 30.1. The molecule has 6 N–H and O–H groups in total. The minimum absolute atomic E-state index is 0.0676. The Morgan fingerprint density at radius 1 is 0.897 bits per heavy atom. The highest BCUT2D eigenvalue weighted by Crippen LogP contribution is 2.17. The number of amides is 1. The molecule has 0 atom stereocenters. The van der Waals surface area contributed by atoms with E-state index in [9.17, 15) is 4.79 Å². The lowest BCUT2D eigenvalue weighted by atomic mass is 10.1. The summed E-state index contributed by atoms with van der Waals surface area (Å²) >= 11 is 0. The number of benzene rings is 1. The quantitative estimate of drug-likeness (QED) is 0.151. The van der Waals surface area contributed by atoms with Crippen molar-refractivity contribution in [1.82, 2.24) is 25.3 Å². The Labute approximate surface area is 229 Å². The Bertz CT molecular complexity index is 1120. The van der Waals surface area contributed by atoms with Gasteiger partial charge in [-0.1, -0.05) is 18.2 Å². The molecule has 1 aromatic carbocycles. The molecular formula is C27H39N9O3. The third-order valence-corrected chi connectivity index (χ3v) is 5.22. The van der Waals surface area contributed by atoms with Crippen LogP contribution in [0.1, 0.15) is 25.1 Å². The Balaban J connectivity index is 1.48. The zero-order valence-corrected chi connectivity index (χ0v) is 22.7. The molecule has 0 fully saturated rings. The van der Waals surface area contributed by atoms with Gasteiger partial charge in [0.05, 0.1) is 32.8 Å². The van der Waals surface area contributed by atoms with Crippen LogP contribution in [0.5, 0.6) is 0 Å². The number of carbonyl (C=O) groups excluding carboxylic acids is 1. The van der Waals surface area contributed by atoms with Crippen LogP contribution in [0.15, 0.2) is 48.7 Å². The summed E-state index contributed by atoms with van der Waals surface area (Å²) in [7, 11) is 0. The minimum Gasteiger partial charge on any atom is -0.378 e. The van der Waals surface area contributed by atoms with Gasteiger partial charge in [0.1, 0.15) is 0 Å². The first kappa shape index (κ1) is 29.7. The lowest BCUT2D eigenvalue weighted by Gasteiger charge is -2.13. The van der Waals surface area contributed by atoms with Crippen molar-refractivity contribution in [2.24, 2.45) is 5.73 Å². The number of pyridine rings is 1. The van der Waals surface area contributed by atoms with Gasteiger partial charge < -0.3 is 36.5 Å². The predicted molar refractivity (Wildman–Crippen MR) is 152 cm³/mol. The summed E-state index contributed by atoms with van der Waals surface area (Å²) in [5, 5.41) is 12.6. The van der Waals surface area contributed by atoms with Crippen LogP contribution in [0, 0.1) is 0 Å². The second kappa shape index (κ2) is 16.9. The summed E-state index contributed by atoms with van der Waals surface area (Å²) in [6.07, 6.45) is 2.80. The lowest BCUT2D eigenvalue weighted by Crippen LogP contribution is -2.29. The van der Waals surface area contributed by atoms with Crippen molar-refractivity contribution in [1.29, 1.82) is 0 Å². The third-order valence-electron chi connectivity index (χ3n) is 5.22. The van der Waals surface area contributed by atoms with Gasteiger partial charge in [0.2, 0.25) is 23.8 Å². The molecular weight excluding hydrogens is 498 g/mol. The van der Waals surface area contributed by atoms with Crippen LogP contribution in [0.3, 0.4) is 0 Å². The van der Waals surface area contributed by atoms with Crippen molar-refractivity contribution in [2.45, 2.75) is 32.7 Å². The average Bonchev–Trinajstić information content (AvgIpc) is 2.91. The first-order valence-corrected chi connectivity index (χ1v) is 13.2. The number of hydrogen-bond donors (Lipinski definition) is 5. The van der Waals surface area contributed by atoms with Crippen LogP contribution < -0.4 is 27.0 Å². The van der Waals surface area contributed by atoms with Gasteiger partial charge in [-0.2, -0.15) is 15.0 Å². The Hall–Kier alpha value is -3.87. The molecule has 210 valence electrons. The topological polar surface area (TPSA) is 161 Å². The number of nitrogens with one attached hydrogen (secondary N) is 4. The van der Waals surface area contributed by atoms with Gasteiger partial charge in [0.25, 0.3) is 0 Å². The number of anilines is 4. The Morgan fingerprint density at radius 3 is 2.36 bits per heavy atom. The fourth-order valence-corrected chi connectivity index (χ4v) is 3.43. The van der Waals surface area contributed by atoms with E-state index in [1.807, 2.05) is 56.3 Å². The number of rotatable bonds is 18. The van der Waals surface area contributed by atoms with Gasteiger partial charge in [-0.15, -0.1) is 0 Å². The summed E-state index contributed by atoms with van der Waals surface area (Å²) in [5.74, 6) is 1.28. The maximum absolute atomic E-state index is 12.2. The highest BCUT2D eigenvalue weighted by molar-refractivity contribution is 5.78. The molecule has 12 heteroatoms. The number of aromatic nitrogens is 4. The Morgan fingerprint density at radius 2 is 1.64 bits per heavy atom. The largest absolute Gasteiger partial charge is 0.378 e. The maximum Gasteiger partial charge on any atom is 0.233 e. The van der Waals surface area contributed by atoms with Gasteiger partial charge in [-0.3, -0.25) is 9.78 Å². The van der Waals surface area contributed by atoms with E-state index in [-0.39, 0.29) is 18.4 Å². The number of nitrogens with zero attached hydrogens (tertiary/aromatic N) is 4. The number of hydrogen-bond acceptors (Lipinski definition) is 11. The molecule has 0 aliphatic rings. The standard InChI is InChI=1S/C27H39N9O3/c1-20(2)32-26-34-25(31-13-10-22-5-3-4-12-29-22)35-27(36-26)33-23-8-6-21(7-9-23)19-24(37)30-14-16-39-18-17-38-15-11-28/h3-9,12,20H,10-11,13-19,28H2,1-2H3,(H,30,37)(H3,31,32,33,34,35,36). The number of carbonyl (C=O) groups is 1. The molecule has 39 heavy (non-hydrogen) atoms. The normalized spacial score (nSPS) is 10.9. The van der Waals surface area contributed by atoms with Gasteiger partial charge >= 0.3 is 0 Å². The lowest BCUT2D eigenvalue weighted by molar-refractivity contribution is -0.120. The first-order chi connectivity index (χ1) is 19.0. The molecule has 0 saturated carbocycles. The molecule has 2 aromatic heterocycles. The van der Waals surface area contributed by atoms with Gasteiger partial charge in [0.15, 0.2) is 0 Å². The van der Waals surface area contributed by atoms with E-state index in [1.54, 1.807) is 6.20 Å². The van der Waals surface area contributed by atoms with Gasteiger partial charge in [-0.05, 0) is 43.7 Å². The minimum atomic E-state index is -0.0676. The highest BCUT2D eigenvalue weighted by Gasteiger charge is 2.09. The van der Waals surface area contributed by atoms with Gasteiger partial charge in [-0.25, -0.2) is 0 Å². The SMILES string of the molecule is CC(C)Nc1nc(NCCc2ccccn2)nc(Nc2ccc(CC(=O)NCCOCCOCCN)cc2)n1. The third kappa shape index (κ3) is 12.0. The van der Waals surface area contributed by atoms with E-state index in [1.165, 1.54) is 0 Å². The second-order valence-electron chi connectivity index (χ2n) is 8.97. The van der Waals surface area contributed by atoms with E-state index >= 15 is 0 Å². The Kier molecular flexibility index (Phi) is 12.8. The smallest absolute Gasteiger partial charge is 0.233 e. The van der Waals surface area contributed by atoms with Crippen LogP contribution >= 0.6 is 0 Å². The van der Waals surface area contributed by atoms with Crippen molar-refractivity contribution in [3.63, 3.8) is 0 Å². The average molecular weight is 538 g/mol. The first-order valence-electron chi connectivity index (χ1n) is 13.2. The molecule has 3 aromatic rings. The molecule has 3 rings (SSSR count). The maximum atomic E-state index is 12.2. The van der Waals surface area contributed by atoms with E-state index in [0.717, 1.165) is 23.4 Å². The van der Waals surface area contributed by atoms with E-state index in [0.29, 0.717) is 63.9 Å². The van der Waals surface area contributed by atoms with E-state index in [2.05, 4.69) is 41.2 Å². The van der Waals surface area contributed by atoms with Crippen molar-refractivity contribution >= 4 is 29.4 Å². The molecule has 0 aliphatic heterocycles. The summed E-state index contributed by atoms with van der Waals surface area (Å²) in [5.41, 5.74) is 8.03. The second-order valence-corrected chi connectivity index (χ2v) is 8.97. The van der Waals surface area contributed by atoms with Crippen molar-refractivity contribution < 1.29 is 14.3 Å². The van der Waals surface area contributed by atoms with E-state index in [4.69, 9.17) is 15.2 Å². The van der Waals surface area contributed by atoms with Crippen molar-refractivity contribution in [3.05, 3.63) is 59.9 Å². The molecule has 0 saturated heterocycles. The molecule has 12 nitrogen and oxygen atoms in total. The van der Waals surface area contributed by atoms with Crippen molar-refractivity contribution in [2.75, 3.05) is 62.0 Å². The fourth-order valence-electron chi connectivity index (χ4n) is 3.43. The molecule has 2 heterocycles. The van der Waals surface area contributed by atoms with Crippen LogP contribution in [0.25, 0.3) is 0 Å². The van der Waals surface area contributed by atoms with Crippen LogP contribution in [0.2, 0.25) is 0 Å². The van der Waals surface area contributed by atoms with Crippen LogP contribution in [-0.4, -0.2) is 77.9 Å². The van der Waals surface area contributed by atoms with Crippen molar-refractivity contribution in [3.8, 4) is 0 Å². The summed E-state index contributed by atoms with van der Waals surface area (Å²) < 4.78 is 10.6. The monoisotopic (exact) mass is 537 g/mol. The van der Waals surface area contributed by atoms with Crippen LogP contribution in [0.4, 0.5) is 23.5 Å². The molecule has 0 spiro atoms. The zero-order valence-electron chi connectivity index (χ0n) is 22.7. The van der Waals surface area contributed by atoms with E-state index < -0.39 is 0 Å². The highest BCUT2D eigenvalue weighted by atomic mass is 16.5. The summed E-state index contributed by atoms with van der Waals surface area (Å²) in [6.45, 7) is 7.53. The predicted octanol–water partition coefficient (Wildman–Crippen LogP) is 2.14. The number of nitrogens with two attached hydrogens (primary N) is 1. The molecule has 0 aliphatic carbocycles.